The lowest BCUT2D eigenvalue weighted by atomic mass is 10.3. The number of rotatable bonds is 8. The van der Waals surface area contributed by atoms with Crippen LogP contribution < -0.4 is 10.0 Å². The van der Waals surface area contributed by atoms with Crippen LogP contribution in [0.25, 0.3) is 0 Å². The van der Waals surface area contributed by atoms with Gasteiger partial charge in [0.2, 0.25) is 0 Å². The molecule has 1 atom stereocenters. The molecule has 0 aliphatic rings. The maximum Gasteiger partial charge on any atom is 0.279 e. The van der Waals surface area contributed by atoms with Crippen molar-refractivity contribution in [3.63, 3.8) is 0 Å². The molecule has 0 bridgehead atoms. The molecule has 1 unspecified atom stereocenters. The first kappa shape index (κ1) is 15.1. The number of nitrogens with one attached hydrogen (secondary N) is 3. The van der Waals surface area contributed by atoms with Crippen molar-refractivity contribution in [2.75, 3.05) is 27.2 Å². The minimum absolute atomic E-state index is 0.378. The first-order chi connectivity index (χ1) is 8.47. The summed E-state index contributed by atoms with van der Waals surface area (Å²) in [4.78, 5) is 6.91. The van der Waals surface area contributed by atoms with E-state index in [0.717, 1.165) is 13.0 Å². The molecule has 3 N–H and O–H groups in total. The molecule has 0 aromatic carbocycles. The molecule has 1 rings (SSSR count). The van der Waals surface area contributed by atoms with Gasteiger partial charge in [0.25, 0.3) is 10.2 Å². The zero-order valence-electron chi connectivity index (χ0n) is 11.0. The van der Waals surface area contributed by atoms with Gasteiger partial charge in [0.05, 0.1) is 6.04 Å². The van der Waals surface area contributed by atoms with Gasteiger partial charge >= 0.3 is 0 Å². The molecule has 1 heterocycles. The zero-order valence-corrected chi connectivity index (χ0v) is 11.8. The first-order valence-corrected chi connectivity index (χ1v) is 7.29. The van der Waals surface area contributed by atoms with E-state index in [1.807, 2.05) is 7.05 Å². The Bertz CT molecular complexity index is 431. The number of imidazole rings is 1. The van der Waals surface area contributed by atoms with Gasteiger partial charge in [-0.25, -0.2) is 4.98 Å². The minimum Gasteiger partial charge on any atom is -0.347 e. The van der Waals surface area contributed by atoms with E-state index in [-0.39, 0.29) is 6.04 Å². The highest BCUT2D eigenvalue weighted by Gasteiger charge is 2.21. The summed E-state index contributed by atoms with van der Waals surface area (Å²) in [5.74, 6) is 0.599. The maximum absolute atomic E-state index is 12.0. The Hall–Kier alpha value is -0.960. The van der Waals surface area contributed by atoms with Crippen molar-refractivity contribution in [1.29, 1.82) is 0 Å². The topological polar surface area (TPSA) is 90.1 Å². The second-order valence-corrected chi connectivity index (χ2v) is 5.91. The van der Waals surface area contributed by atoms with Crippen molar-refractivity contribution in [2.45, 2.75) is 19.4 Å². The number of H-pyrrole nitrogens is 1. The van der Waals surface area contributed by atoms with Crippen LogP contribution in [0.3, 0.4) is 0 Å². The van der Waals surface area contributed by atoms with Gasteiger partial charge < -0.3 is 10.3 Å². The lowest BCUT2D eigenvalue weighted by Gasteiger charge is -2.20. The fraction of sp³-hybridized carbons (Fsp3) is 0.700. The first-order valence-electron chi connectivity index (χ1n) is 5.85. The van der Waals surface area contributed by atoms with E-state index in [9.17, 15) is 8.42 Å². The predicted molar refractivity (Wildman–Crippen MR) is 70.2 cm³/mol. The molecule has 0 saturated heterocycles. The molecule has 0 amide bonds. The smallest absolute Gasteiger partial charge is 0.279 e. The van der Waals surface area contributed by atoms with Crippen LogP contribution in [0.15, 0.2) is 12.4 Å². The van der Waals surface area contributed by atoms with Gasteiger partial charge in [-0.2, -0.15) is 17.4 Å². The lowest BCUT2D eigenvalue weighted by Crippen LogP contribution is -2.40. The molecule has 1 aromatic heterocycles. The van der Waals surface area contributed by atoms with Crippen LogP contribution in [0.4, 0.5) is 0 Å². The number of aromatic amines is 1. The van der Waals surface area contributed by atoms with E-state index in [1.165, 1.54) is 4.31 Å². The summed E-state index contributed by atoms with van der Waals surface area (Å²) < 4.78 is 27.8. The van der Waals surface area contributed by atoms with Crippen LogP contribution >= 0.6 is 0 Å². The highest BCUT2D eigenvalue weighted by atomic mass is 32.2. The number of aromatic nitrogens is 2. The summed E-state index contributed by atoms with van der Waals surface area (Å²) in [7, 11) is -0.0691. The van der Waals surface area contributed by atoms with Crippen molar-refractivity contribution >= 4 is 10.2 Å². The molecule has 0 aliphatic carbocycles. The summed E-state index contributed by atoms with van der Waals surface area (Å²) in [6.45, 7) is 3.01. The summed E-state index contributed by atoms with van der Waals surface area (Å²) >= 11 is 0. The second kappa shape index (κ2) is 6.83. The summed E-state index contributed by atoms with van der Waals surface area (Å²) in [6, 6.07) is -0.378. The van der Waals surface area contributed by atoms with E-state index in [0.29, 0.717) is 12.4 Å². The maximum atomic E-state index is 12.0. The van der Waals surface area contributed by atoms with Crippen LogP contribution in [-0.4, -0.2) is 49.9 Å². The van der Waals surface area contributed by atoms with Gasteiger partial charge in [0.15, 0.2) is 0 Å². The molecule has 7 nitrogen and oxygen atoms in total. The summed E-state index contributed by atoms with van der Waals surface area (Å²) in [5.41, 5.74) is 0. The quantitative estimate of drug-likeness (QED) is 0.575. The van der Waals surface area contributed by atoms with Crippen molar-refractivity contribution < 1.29 is 8.42 Å². The van der Waals surface area contributed by atoms with E-state index < -0.39 is 10.2 Å². The highest BCUT2D eigenvalue weighted by Crippen LogP contribution is 2.08. The molecule has 1 aromatic rings. The van der Waals surface area contributed by atoms with Crippen molar-refractivity contribution in [3.05, 3.63) is 18.2 Å². The average Bonchev–Trinajstić information content (AvgIpc) is 2.82. The van der Waals surface area contributed by atoms with E-state index >= 15 is 0 Å². The summed E-state index contributed by atoms with van der Waals surface area (Å²) in [6.07, 6.45) is 4.02. The Morgan fingerprint density at radius 1 is 1.56 bits per heavy atom. The van der Waals surface area contributed by atoms with E-state index in [4.69, 9.17) is 0 Å². The van der Waals surface area contributed by atoms with Gasteiger partial charge in [-0.3, -0.25) is 0 Å². The number of hydrogen-bond donors (Lipinski definition) is 3. The Morgan fingerprint density at radius 3 is 2.83 bits per heavy atom. The minimum atomic E-state index is -3.47. The van der Waals surface area contributed by atoms with Gasteiger partial charge in [-0.1, -0.05) is 0 Å². The van der Waals surface area contributed by atoms with Crippen LogP contribution in [0.1, 0.15) is 25.2 Å². The molecule has 0 spiro atoms. The Morgan fingerprint density at radius 2 is 2.28 bits per heavy atom. The number of nitrogens with zero attached hydrogens (tertiary/aromatic N) is 2. The normalized spacial score (nSPS) is 14.0. The third-order valence-electron chi connectivity index (χ3n) is 2.57. The zero-order chi connectivity index (χ0) is 13.6. The van der Waals surface area contributed by atoms with Gasteiger partial charge in [0, 0.05) is 26.0 Å². The average molecular weight is 275 g/mol. The van der Waals surface area contributed by atoms with Gasteiger partial charge in [0.1, 0.15) is 5.82 Å². The number of hydrogen-bond acceptors (Lipinski definition) is 4. The molecular weight excluding hydrogens is 254 g/mol. The standard InChI is InChI=1S/C10H21N5O2S/c1-9(10-12-6-7-13-10)14-18(16,17)15(3)8-4-5-11-2/h6-7,9,11,14H,4-5,8H2,1-3H3,(H,12,13). The fourth-order valence-corrected chi connectivity index (χ4v) is 2.59. The van der Waals surface area contributed by atoms with Gasteiger partial charge in [-0.05, 0) is 26.9 Å². The molecule has 8 heteroatoms. The predicted octanol–water partition coefficient (Wildman–Crippen LogP) is -0.154. The second-order valence-electron chi connectivity index (χ2n) is 4.10. The van der Waals surface area contributed by atoms with Crippen molar-refractivity contribution in [2.24, 2.45) is 0 Å². The molecule has 18 heavy (non-hydrogen) atoms. The van der Waals surface area contributed by atoms with Crippen LogP contribution in [0.5, 0.6) is 0 Å². The fourth-order valence-electron chi connectivity index (χ4n) is 1.48. The Kier molecular flexibility index (Phi) is 5.73. The molecule has 0 radical (unpaired) electrons. The van der Waals surface area contributed by atoms with E-state index in [2.05, 4.69) is 20.0 Å². The van der Waals surface area contributed by atoms with Crippen molar-refractivity contribution in [3.8, 4) is 0 Å². The van der Waals surface area contributed by atoms with Crippen molar-refractivity contribution in [1.82, 2.24) is 24.3 Å². The SMILES string of the molecule is CNCCCN(C)S(=O)(=O)NC(C)c1ncc[nH]1. The summed E-state index contributed by atoms with van der Waals surface area (Å²) in [5, 5.41) is 2.98. The molecule has 0 aliphatic heterocycles. The Balaban J connectivity index is 2.53. The lowest BCUT2D eigenvalue weighted by molar-refractivity contribution is 0.440. The van der Waals surface area contributed by atoms with E-state index in [1.54, 1.807) is 26.4 Å². The molecular formula is C10H21N5O2S. The monoisotopic (exact) mass is 275 g/mol. The molecule has 104 valence electrons. The molecule has 0 fully saturated rings. The molecule has 0 saturated carbocycles. The van der Waals surface area contributed by atoms with Crippen LogP contribution in [0.2, 0.25) is 0 Å². The third kappa shape index (κ3) is 4.37. The van der Waals surface area contributed by atoms with Crippen LogP contribution in [-0.2, 0) is 10.2 Å². The highest BCUT2D eigenvalue weighted by molar-refractivity contribution is 7.87. The van der Waals surface area contributed by atoms with Crippen LogP contribution in [0, 0.1) is 0 Å². The Labute approximate surface area is 108 Å². The third-order valence-corrected chi connectivity index (χ3v) is 4.22. The largest absolute Gasteiger partial charge is 0.347 e. The van der Waals surface area contributed by atoms with Gasteiger partial charge in [-0.15, -0.1) is 0 Å².